The number of aliphatic hydroxyl groups excluding tert-OH is 3. The van der Waals surface area contributed by atoms with Crippen LogP contribution in [0.5, 0.6) is 0 Å². The van der Waals surface area contributed by atoms with E-state index in [-0.39, 0.29) is 25.8 Å². The second kappa shape index (κ2) is 49.5. The van der Waals surface area contributed by atoms with Crippen molar-refractivity contribution in [3.63, 3.8) is 0 Å². The van der Waals surface area contributed by atoms with E-state index in [0.29, 0.717) is 13.2 Å². The summed E-state index contributed by atoms with van der Waals surface area (Å²) in [5.74, 6) is -0.193. The summed E-state index contributed by atoms with van der Waals surface area (Å²) in [4.78, 5) is 9.98. The summed E-state index contributed by atoms with van der Waals surface area (Å²) in [6.07, 6.45) is 2.65. The molecule has 0 aromatic carbocycles. The van der Waals surface area contributed by atoms with Gasteiger partial charge < -0.3 is 29.5 Å². The van der Waals surface area contributed by atoms with Crippen molar-refractivity contribution in [2.45, 2.75) is 41.0 Å². The fraction of sp³-hybridized carbons (Fsp3) is 0.824. The van der Waals surface area contributed by atoms with Gasteiger partial charge >= 0.3 is 5.97 Å². The minimum absolute atomic E-state index is 0.122. The number of allylic oxidation sites excluding steroid dienone is 1. The van der Waals surface area contributed by atoms with Crippen molar-refractivity contribution in [1.29, 1.82) is 0 Å². The molecule has 0 fully saturated rings. The van der Waals surface area contributed by atoms with Gasteiger partial charge in [0, 0.05) is 27.2 Å². The maximum atomic E-state index is 9.98. The fourth-order valence-electron chi connectivity index (χ4n) is 0.541. The average molecular weight is 357 g/mol. The molecule has 0 aromatic heterocycles. The fourth-order valence-corrected chi connectivity index (χ4v) is 0.541. The van der Waals surface area contributed by atoms with Crippen LogP contribution in [0.15, 0.2) is 12.7 Å². The lowest BCUT2D eigenvalue weighted by Crippen LogP contribution is -1.98. The molecule has 0 aliphatic heterocycles. The van der Waals surface area contributed by atoms with E-state index in [2.05, 4.69) is 16.1 Å². The van der Waals surface area contributed by atoms with Gasteiger partial charge in [-0.05, 0) is 27.2 Å². The molecule has 0 amide bonds. The van der Waals surface area contributed by atoms with E-state index >= 15 is 0 Å². The lowest BCUT2D eigenvalue weighted by Gasteiger charge is -1.93. The Kier molecular flexibility index (Phi) is 70.9. The van der Waals surface area contributed by atoms with Gasteiger partial charge in [0.25, 0.3) is 0 Å². The summed E-state index contributed by atoms with van der Waals surface area (Å²) < 4.78 is 13.8. The molecular formula is C17H40O7. The van der Waals surface area contributed by atoms with E-state index in [1.165, 1.54) is 6.92 Å². The minimum Gasteiger partial charge on any atom is -0.466 e. The highest BCUT2D eigenvalue weighted by molar-refractivity contribution is 5.65. The van der Waals surface area contributed by atoms with Crippen molar-refractivity contribution in [2.24, 2.45) is 0 Å². The number of aliphatic hydroxyl groups is 3. The summed E-state index contributed by atoms with van der Waals surface area (Å²) in [5.41, 5.74) is 0. The Balaban J connectivity index is -0.0000000646. The molecule has 24 heavy (non-hydrogen) atoms. The Morgan fingerprint density at radius 2 is 1.42 bits per heavy atom. The molecule has 0 radical (unpaired) electrons. The van der Waals surface area contributed by atoms with Gasteiger partial charge in [-0.1, -0.05) is 13.0 Å². The summed E-state index contributed by atoms with van der Waals surface area (Å²) in [6, 6.07) is 0. The molecule has 0 aliphatic carbocycles. The quantitative estimate of drug-likeness (QED) is 0.472. The number of rotatable bonds is 7. The largest absolute Gasteiger partial charge is 0.466 e. The molecule has 0 rings (SSSR count). The molecule has 0 aromatic rings. The van der Waals surface area contributed by atoms with Crippen LogP contribution in [0.1, 0.15) is 41.0 Å². The molecule has 0 spiro atoms. The predicted molar refractivity (Wildman–Crippen MR) is 98.1 cm³/mol. The molecule has 0 saturated carbocycles. The third kappa shape index (κ3) is 131. The van der Waals surface area contributed by atoms with E-state index in [1.807, 2.05) is 27.7 Å². The minimum atomic E-state index is -0.193. The maximum Gasteiger partial charge on any atom is 0.302 e. The van der Waals surface area contributed by atoms with Crippen molar-refractivity contribution < 1.29 is 34.3 Å². The standard InChI is InChI=1S/C5H10O2.C4H10O.C3H8O2.C3H6.C2H6O2/c1-3-4-7-5(2)6;1-3-5-4-2;1-5-3-2-4;1-3-2;3-1-2-4/h3-4H2,1-2H3;3-4H2,1-2H3;4H,2-3H2,1H3;3H,1H2,2H3;3-4H,1-2H2. The second-order valence-electron chi connectivity index (χ2n) is 3.69. The van der Waals surface area contributed by atoms with Gasteiger partial charge in [0.05, 0.1) is 33.0 Å². The van der Waals surface area contributed by atoms with Gasteiger partial charge in [-0.2, -0.15) is 0 Å². The van der Waals surface area contributed by atoms with Crippen LogP contribution in [0.2, 0.25) is 0 Å². The Labute approximate surface area is 148 Å². The first-order chi connectivity index (χ1) is 11.4. The Morgan fingerprint density at radius 1 is 1.00 bits per heavy atom. The molecule has 0 aliphatic rings. The van der Waals surface area contributed by atoms with Crippen molar-refractivity contribution in [3.8, 4) is 0 Å². The van der Waals surface area contributed by atoms with Crippen LogP contribution in [0.4, 0.5) is 0 Å². The monoisotopic (exact) mass is 356 g/mol. The number of methoxy groups -OCH3 is 1. The summed E-state index contributed by atoms with van der Waals surface area (Å²) in [7, 11) is 1.55. The van der Waals surface area contributed by atoms with E-state index in [0.717, 1.165) is 19.6 Å². The highest BCUT2D eigenvalue weighted by atomic mass is 16.5. The second-order valence-corrected chi connectivity index (χ2v) is 3.69. The van der Waals surface area contributed by atoms with Crippen LogP contribution in [0.3, 0.4) is 0 Å². The number of hydrogen-bond donors (Lipinski definition) is 3. The SMILES string of the molecule is C=CC.CCCOC(C)=O.CCOCC.COCCO.OCCO. The predicted octanol–water partition coefficient (Wildman–Crippen LogP) is 1.79. The lowest BCUT2D eigenvalue weighted by molar-refractivity contribution is -0.140. The van der Waals surface area contributed by atoms with Crippen molar-refractivity contribution in [1.82, 2.24) is 0 Å². The molecule has 0 heterocycles. The normalized spacial score (nSPS) is 7.71. The van der Waals surface area contributed by atoms with Gasteiger partial charge in [0.2, 0.25) is 0 Å². The van der Waals surface area contributed by atoms with Crippen LogP contribution < -0.4 is 0 Å². The zero-order chi connectivity index (χ0) is 20.1. The molecule has 3 N–H and O–H groups in total. The number of ether oxygens (including phenoxy) is 3. The van der Waals surface area contributed by atoms with E-state index in [9.17, 15) is 4.79 Å². The molecule has 150 valence electrons. The maximum absolute atomic E-state index is 9.98. The first-order valence-electron chi connectivity index (χ1n) is 8.03. The first kappa shape index (κ1) is 34.4. The van der Waals surface area contributed by atoms with Crippen LogP contribution in [0.25, 0.3) is 0 Å². The lowest BCUT2D eigenvalue weighted by atomic mass is 10.5. The molecule has 0 bridgehead atoms. The zero-order valence-corrected chi connectivity index (χ0v) is 16.4. The van der Waals surface area contributed by atoms with Crippen LogP contribution in [0, 0.1) is 0 Å². The van der Waals surface area contributed by atoms with E-state index in [1.54, 1.807) is 13.2 Å². The molecular weight excluding hydrogens is 316 g/mol. The van der Waals surface area contributed by atoms with Gasteiger partial charge in [0.1, 0.15) is 0 Å². The number of carbonyl (C=O) groups excluding carboxylic acids is 1. The summed E-state index contributed by atoms with van der Waals surface area (Å²) in [5, 5.41) is 23.2. The van der Waals surface area contributed by atoms with Gasteiger partial charge in [-0.25, -0.2) is 0 Å². The van der Waals surface area contributed by atoms with Crippen molar-refractivity contribution in [2.75, 3.05) is 53.4 Å². The van der Waals surface area contributed by atoms with E-state index in [4.69, 9.17) is 20.1 Å². The number of esters is 1. The van der Waals surface area contributed by atoms with Gasteiger partial charge in [-0.3, -0.25) is 4.79 Å². The number of carbonyl (C=O) groups is 1. The third-order valence-electron chi connectivity index (χ3n) is 1.31. The number of hydrogen-bond acceptors (Lipinski definition) is 7. The molecule has 0 atom stereocenters. The Morgan fingerprint density at radius 3 is 1.46 bits per heavy atom. The smallest absolute Gasteiger partial charge is 0.302 e. The van der Waals surface area contributed by atoms with Crippen LogP contribution >= 0.6 is 0 Å². The van der Waals surface area contributed by atoms with E-state index < -0.39 is 0 Å². The van der Waals surface area contributed by atoms with Gasteiger partial charge in [-0.15, -0.1) is 6.58 Å². The zero-order valence-electron chi connectivity index (χ0n) is 16.4. The third-order valence-corrected chi connectivity index (χ3v) is 1.31. The van der Waals surface area contributed by atoms with Gasteiger partial charge in [0.15, 0.2) is 0 Å². The highest BCUT2D eigenvalue weighted by Gasteiger charge is 1.85. The topological polar surface area (TPSA) is 105 Å². The van der Waals surface area contributed by atoms with Crippen molar-refractivity contribution in [3.05, 3.63) is 12.7 Å². The molecule has 0 saturated heterocycles. The van der Waals surface area contributed by atoms with Crippen molar-refractivity contribution >= 4 is 5.97 Å². The molecule has 7 nitrogen and oxygen atoms in total. The summed E-state index contributed by atoms with van der Waals surface area (Å²) in [6.45, 7) is 15.2. The Bertz CT molecular complexity index is 176. The molecule has 7 heteroatoms. The average Bonchev–Trinajstić information content (AvgIpc) is 2.56. The highest BCUT2D eigenvalue weighted by Crippen LogP contribution is 1.78. The first-order valence-corrected chi connectivity index (χ1v) is 8.03. The molecule has 0 unspecified atom stereocenters. The van der Waals surface area contributed by atoms with Crippen LogP contribution in [-0.2, 0) is 19.0 Å². The Hall–Kier alpha value is -0.990. The van der Waals surface area contributed by atoms with Crippen LogP contribution in [-0.4, -0.2) is 74.6 Å². The summed E-state index contributed by atoms with van der Waals surface area (Å²) >= 11 is 0.